The Morgan fingerprint density at radius 2 is 2.18 bits per heavy atom. The van der Waals surface area contributed by atoms with Crippen molar-refractivity contribution in [2.24, 2.45) is 0 Å². The largest absolute Gasteiger partial charge is 0.354 e. The maximum atomic E-state index is 8.83. The number of rotatable bonds is 2. The number of nitrogens with zero attached hydrogens (tertiary/aromatic N) is 2. The van der Waals surface area contributed by atoms with Crippen molar-refractivity contribution in [3.05, 3.63) is 52.3 Å². The number of aryl methyl sites for hydroxylation is 1. The van der Waals surface area contributed by atoms with Crippen LogP contribution in [-0.4, -0.2) is 4.98 Å². The van der Waals surface area contributed by atoms with Gasteiger partial charge in [0, 0.05) is 16.4 Å². The van der Waals surface area contributed by atoms with E-state index in [1.54, 1.807) is 18.5 Å². The summed E-state index contributed by atoms with van der Waals surface area (Å²) < 4.78 is 0.784. The van der Waals surface area contributed by atoms with E-state index in [1.807, 2.05) is 25.1 Å². The van der Waals surface area contributed by atoms with Crippen molar-refractivity contribution in [2.75, 3.05) is 5.32 Å². The predicted octanol–water partition coefficient (Wildman–Crippen LogP) is 3.77. The molecular weight excluding hydrogens is 278 g/mol. The molecule has 0 unspecified atom stereocenters. The quantitative estimate of drug-likeness (QED) is 0.915. The highest BCUT2D eigenvalue weighted by Gasteiger charge is 2.02. The summed E-state index contributed by atoms with van der Waals surface area (Å²) in [6.45, 7) is 2.02. The monoisotopic (exact) mass is 287 g/mol. The van der Waals surface area contributed by atoms with Crippen molar-refractivity contribution < 1.29 is 0 Å². The Morgan fingerprint density at radius 3 is 2.82 bits per heavy atom. The number of anilines is 2. The fraction of sp³-hybridized carbons (Fsp3) is 0.0769. The molecule has 17 heavy (non-hydrogen) atoms. The second-order valence-electron chi connectivity index (χ2n) is 3.62. The van der Waals surface area contributed by atoms with Crippen molar-refractivity contribution in [2.45, 2.75) is 6.92 Å². The van der Waals surface area contributed by atoms with E-state index in [0.29, 0.717) is 5.56 Å². The van der Waals surface area contributed by atoms with Crippen molar-refractivity contribution >= 4 is 27.3 Å². The molecule has 0 spiro atoms. The smallest absolute Gasteiger partial charge is 0.100 e. The lowest BCUT2D eigenvalue weighted by Crippen LogP contribution is -1.94. The molecule has 0 saturated heterocycles. The van der Waals surface area contributed by atoms with Crippen molar-refractivity contribution in [3.63, 3.8) is 0 Å². The number of hydrogen-bond acceptors (Lipinski definition) is 3. The molecular formula is C13H10BrN3. The molecule has 0 saturated carbocycles. The summed E-state index contributed by atoms with van der Waals surface area (Å²) in [5, 5.41) is 12.1. The average Bonchev–Trinajstić information content (AvgIpc) is 2.32. The van der Waals surface area contributed by atoms with Crippen molar-refractivity contribution in [3.8, 4) is 6.07 Å². The van der Waals surface area contributed by atoms with E-state index in [0.717, 1.165) is 21.4 Å². The van der Waals surface area contributed by atoms with Gasteiger partial charge >= 0.3 is 0 Å². The number of nitrogens with one attached hydrogen (secondary N) is 1. The van der Waals surface area contributed by atoms with Crippen LogP contribution in [0.2, 0.25) is 0 Å². The molecule has 1 heterocycles. The van der Waals surface area contributed by atoms with Crippen LogP contribution < -0.4 is 5.32 Å². The molecule has 4 heteroatoms. The Labute approximate surface area is 108 Å². The van der Waals surface area contributed by atoms with Gasteiger partial charge in [-0.05, 0) is 52.7 Å². The molecule has 0 atom stereocenters. The Kier molecular flexibility index (Phi) is 3.40. The average molecular weight is 288 g/mol. The summed E-state index contributed by atoms with van der Waals surface area (Å²) in [6, 6.07) is 9.58. The van der Waals surface area contributed by atoms with E-state index < -0.39 is 0 Å². The highest BCUT2D eigenvalue weighted by molar-refractivity contribution is 9.10. The van der Waals surface area contributed by atoms with Crippen LogP contribution in [0.1, 0.15) is 11.1 Å². The molecule has 0 amide bonds. The molecule has 84 valence electrons. The zero-order valence-electron chi connectivity index (χ0n) is 9.24. The first-order valence-electron chi connectivity index (χ1n) is 5.08. The van der Waals surface area contributed by atoms with Gasteiger partial charge in [0.1, 0.15) is 6.07 Å². The zero-order valence-corrected chi connectivity index (χ0v) is 10.8. The van der Waals surface area contributed by atoms with Gasteiger partial charge in [-0.2, -0.15) is 5.26 Å². The lowest BCUT2D eigenvalue weighted by atomic mass is 10.2. The predicted molar refractivity (Wildman–Crippen MR) is 71.1 cm³/mol. The maximum Gasteiger partial charge on any atom is 0.100 e. The third-order valence-electron chi connectivity index (χ3n) is 2.41. The van der Waals surface area contributed by atoms with E-state index in [4.69, 9.17) is 5.26 Å². The zero-order chi connectivity index (χ0) is 12.3. The highest BCUT2D eigenvalue weighted by atomic mass is 79.9. The normalized spacial score (nSPS) is 9.71. The van der Waals surface area contributed by atoms with Crippen LogP contribution >= 0.6 is 15.9 Å². The number of halogens is 1. The second-order valence-corrected chi connectivity index (χ2v) is 4.48. The summed E-state index contributed by atoms with van der Waals surface area (Å²) in [5.41, 5.74) is 3.63. The van der Waals surface area contributed by atoms with Gasteiger partial charge in [-0.25, -0.2) is 0 Å². The molecule has 0 bridgehead atoms. The molecule has 3 nitrogen and oxygen atoms in total. The second kappa shape index (κ2) is 4.98. The summed E-state index contributed by atoms with van der Waals surface area (Å²) in [7, 11) is 0. The Morgan fingerprint density at radius 1 is 1.35 bits per heavy atom. The van der Waals surface area contributed by atoms with Gasteiger partial charge in [-0.1, -0.05) is 0 Å². The van der Waals surface area contributed by atoms with Gasteiger partial charge in [-0.3, -0.25) is 4.98 Å². The minimum Gasteiger partial charge on any atom is -0.354 e. The van der Waals surface area contributed by atoms with E-state index >= 15 is 0 Å². The topological polar surface area (TPSA) is 48.7 Å². The van der Waals surface area contributed by atoms with Crippen LogP contribution in [0.5, 0.6) is 0 Å². The van der Waals surface area contributed by atoms with Crippen LogP contribution in [-0.2, 0) is 0 Å². The lowest BCUT2D eigenvalue weighted by molar-refractivity contribution is 1.28. The van der Waals surface area contributed by atoms with Gasteiger partial charge in [0.15, 0.2) is 0 Å². The minimum atomic E-state index is 0.624. The first-order chi connectivity index (χ1) is 8.20. The highest BCUT2D eigenvalue weighted by Crippen LogP contribution is 2.24. The van der Waals surface area contributed by atoms with Crippen molar-refractivity contribution in [1.29, 1.82) is 5.26 Å². The molecule has 1 N–H and O–H groups in total. The maximum absolute atomic E-state index is 8.83. The third kappa shape index (κ3) is 2.63. The van der Waals surface area contributed by atoms with E-state index in [2.05, 4.69) is 32.3 Å². The number of aromatic nitrogens is 1. The van der Waals surface area contributed by atoms with Gasteiger partial charge in [0.25, 0.3) is 0 Å². The van der Waals surface area contributed by atoms with Crippen molar-refractivity contribution in [1.82, 2.24) is 4.98 Å². The van der Waals surface area contributed by atoms with Crippen LogP contribution in [0.4, 0.5) is 11.4 Å². The van der Waals surface area contributed by atoms with Crippen LogP contribution in [0.15, 0.2) is 41.1 Å². The molecule has 2 rings (SSSR count). The minimum absolute atomic E-state index is 0.624. The van der Waals surface area contributed by atoms with Crippen LogP contribution in [0.25, 0.3) is 0 Å². The standard InChI is InChI=1S/C13H10BrN3/c1-9-4-5-16-8-13(9)17-11-3-2-10(7-15)12(14)6-11/h2-6,8,17H,1H3. The van der Waals surface area contributed by atoms with Gasteiger partial charge in [0.2, 0.25) is 0 Å². The SMILES string of the molecule is Cc1ccncc1Nc1ccc(C#N)c(Br)c1. The molecule has 0 radical (unpaired) electrons. The molecule has 0 aliphatic heterocycles. The Hall–Kier alpha value is -1.86. The Bertz CT molecular complexity index is 587. The fourth-order valence-corrected chi connectivity index (χ4v) is 1.90. The van der Waals surface area contributed by atoms with E-state index in [9.17, 15) is 0 Å². The number of benzene rings is 1. The van der Waals surface area contributed by atoms with Gasteiger partial charge in [0.05, 0.1) is 17.4 Å². The van der Waals surface area contributed by atoms with Gasteiger partial charge in [-0.15, -0.1) is 0 Å². The molecule has 1 aromatic carbocycles. The third-order valence-corrected chi connectivity index (χ3v) is 3.06. The van der Waals surface area contributed by atoms with Gasteiger partial charge < -0.3 is 5.32 Å². The first-order valence-corrected chi connectivity index (χ1v) is 5.87. The van der Waals surface area contributed by atoms with Crippen LogP contribution in [0, 0.1) is 18.3 Å². The number of pyridine rings is 1. The van der Waals surface area contributed by atoms with Crippen LogP contribution in [0.3, 0.4) is 0 Å². The van der Waals surface area contributed by atoms with E-state index in [1.165, 1.54) is 0 Å². The summed E-state index contributed by atoms with van der Waals surface area (Å²) in [4.78, 5) is 4.07. The number of nitriles is 1. The molecule has 1 aromatic heterocycles. The number of hydrogen-bond donors (Lipinski definition) is 1. The summed E-state index contributed by atoms with van der Waals surface area (Å²) >= 11 is 3.36. The molecule has 0 fully saturated rings. The first kappa shape index (κ1) is 11.6. The summed E-state index contributed by atoms with van der Waals surface area (Å²) in [5.74, 6) is 0. The molecule has 0 aliphatic rings. The Balaban J connectivity index is 2.29. The molecule has 0 aliphatic carbocycles. The summed E-state index contributed by atoms with van der Waals surface area (Å²) in [6.07, 6.45) is 3.54. The molecule has 2 aromatic rings. The van der Waals surface area contributed by atoms with E-state index in [-0.39, 0.29) is 0 Å². The fourth-order valence-electron chi connectivity index (χ4n) is 1.43. The lowest BCUT2D eigenvalue weighted by Gasteiger charge is -2.09.